The van der Waals surface area contributed by atoms with Crippen LogP contribution in [0, 0.1) is 0 Å². The average molecular weight is 382 g/mol. The summed E-state index contributed by atoms with van der Waals surface area (Å²) in [6, 6.07) is 14.5. The molecule has 3 aromatic rings. The molecule has 0 atom stereocenters. The Morgan fingerprint density at radius 1 is 1.00 bits per heavy atom. The Labute approximate surface area is 157 Å². The first-order valence-electron chi connectivity index (χ1n) is 8.32. The number of hydrogen-bond donors (Lipinski definition) is 1. The molecule has 0 saturated heterocycles. The van der Waals surface area contributed by atoms with Gasteiger partial charge in [-0.15, -0.1) is 0 Å². The number of methoxy groups -OCH3 is 1. The number of aromatic nitrogens is 2. The smallest absolute Gasteiger partial charge is 0.243 e. The molecule has 7 nitrogen and oxygen atoms in total. The predicted molar refractivity (Wildman–Crippen MR) is 101 cm³/mol. The van der Waals surface area contributed by atoms with Gasteiger partial charge in [-0.2, -0.15) is 4.31 Å². The van der Waals surface area contributed by atoms with E-state index in [9.17, 15) is 8.42 Å². The van der Waals surface area contributed by atoms with Crippen LogP contribution in [0.25, 0.3) is 11.1 Å². The van der Waals surface area contributed by atoms with Crippen LogP contribution >= 0.6 is 0 Å². The first-order valence-corrected chi connectivity index (χ1v) is 9.76. The maximum atomic E-state index is 12.9. The lowest BCUT2D eigenvalue weighted by Gasteiger charge is -2.15. The minimum absolute atomic E-state index is 0.150. The molecule has 8 heteroatoms. The highest BCUT2D eigenvalue weighted by Crippen LogP contribution is 2.29. The Bertz CT molecular complexity index is 1080. The molecule has 2 N–H and O–H groups in total. The second-order valence-electron chi connectivity index (χ2n) is 6.23. The van der Waals surface area contributed by atoms with E-state index >= 15 is 0 Å². The van der Waals surface area contributed by atoms with Gasteiger partial charge in [0.05, 0.1) is 24.2 Å². The summed E-state index contributed by atoms with van der Waals surface area (Å²) in [7, 11) is -2.01. The number of sulfonamides is 1. The van der Waals surface area contributed by atoms with E-state index in [1.54, 1.807) is 37.6 Å². The number of nitrogens with zero attached hydrogens (tertiary/aromatic N) is 3. The summed E-state index contributed by atoms with van der Waals surface area (Å²) in [6.07, 6.45) is 1.58. The van der Waals surface area contributed by atoms with E-state index < -0.39 is 10.0 Å². The lowest BCUT2D eigenvalue weighted by atomic mass is 10.1. The summed E-state index contributed by atoms with van der Waals surface area (Å²) in [6.45, 7) is 0.447. The van der Waals surface area contributed by atoms with Crippen molar-refractivity contribution >= 4 is 16.0 Å². The Morgan fingerprint density at radius 2 is 1.63 bits per heavy atom. The first-order chi connectivity index (χ1) is 13.0. The molecule has 2 heterocycles. The largest absolute Gasteiger partial charge is 0.497 e. The van der Waals surface area contributed by atoms with E-state index in [2.05, 4.69) is 9.97 Å². The lowest BCUT2D eigenvalue weighted by molar-refractivity contribution is 0.415. The minimum atomic E-state index is -3.62. The standard InChI is InChI=1S/C19H18N4O3S/c1-26-16-6-2-13(3-7-16)14-4-8-17(9-5-14)27(24,25)23-11-15-10-21-19(20)22-18(15)12-23/h2-10H,11-12H2,1H3,(H2,20,21,22). The average Bonchev–Trinajstić information content (AvgIpc) is 3.12. The van der Waals surface area contributed by atoms with Crippen LogP contribution in [0.5, 0.6) is 5.75 Å². The fourth-order valence-electron chi connectivity index (χ4n) is 3.06. The Morgan fingerprint density at radius 3 is 2.26 bits per heavy atom. The quantitative estimate of drug-likeness (QED) is 0.744. The van der Waals surface area contributed by atoms with E-state index in [1.165, 1.54) is 4.31 Å². The van der Waals surface area contributed by atoms with Crippen LogP contribution in [-0.2, 0) is 23.1 Å². The summed E-state index contributed by atoms with van der Waals surface area (Å²) >= 11 is 0. The van der Waals surface area contributed by atoms with Crippen molar-refractivity contribution in [1.29, 1.82) is 0 Å². The summed E-state index contributed by atoms with van der Waals surface area (Å²) < 4.78 is 32.4. The van der Waals surface area contributed by atoms with E-state index in [0.29, 0.717) is 5.69 Å². The second-order valence-corrected chi connectivity index (χ2v) is 8.16. The zero-order chi connectivity index (χ0) is 19.0. The minimum Gasteiger partial charge on any atom is -0.497 e. The van der Waals surface area contributed by atoms with Gasteiger partial charge in [0.2, 0.25) is 16.0 Å². The van der Waals surface area contributed by atoms with Crippen molar-refractivity contribution in [2.75, 3.05) is 12.8 Å². The number of fused-ring (bicyclic) bond motifs is 1. The Kier molecular flexibility index (Phi) is 4.29. The number of ether oxygens (including phenoxy) is 1. The SMILES string of the molecule is COc1ccc(-c2ccc(S(=O)(=O)N3Cc4cnc(N)nc4C3)cc2)cc1. The number of rotatable bonds is 4. The monoisotopic (exact) mass is 382 g/mol. The number of nitrogens with two attached hydrogens (primary N) is 1. The molecule has 4 rings (SSSR count). The van der Waals surface area contributed by atoms with Crippen molar-refractivity contribution in [1.82, 2.24) is 14.3 Å². The lowest BCUT2D eigenvalue weighted by Crippen LogP contribution is -2.25. The molecule has 1 aliphatic heterocycles. The fraction of sp³-hybridized carbons (Fsp3) is 0.158. The molecular formula is C19H18N4O3S. The van der Waals surface area contributed by atoms with E-state index in [4.69, 9.17) is 10.5 Å². The number of benzene rings is 2. The van der Waals surface area contributed by atoms with E-state index in [-0.39, 0.29) is 23.9 Å². The third kappa shape index (κ3) is 3.24. The number of hydrogen-bond acceptors (Lipinski definition) is 6. The van der Waals surface area contributed by atoms with E-state index in [0.717, 1.165) is 22.4 Å². The maximum absolute atomic E-state index is 12.9. The Balaban J connectivity index is 1.58. The highest BCUT2D eigenvalue weighted by Gasteiger charge is 2.31. The van der Waals surface area contributed by atoms with Crippen molar-refractivity contribution in [3.8, 4) is 16.9 Å². The molecule has 1 aliphatic rings. The second kappa shape index (κ2) is 6.64. The van der Waals surface area contributed by atoms with Crippen molar-refractivity contribution in [2.45, 2.75) is 18.0 Å². The van der Waals surface area contributed by atoms with Crippen LogP contribution in [0.2, 0.25) is 0 Å². The van der Waals surface area contributed by atoms with Gasteiger partial charge in [0.25, 0.3) is 0 Å². The van der Waals surface area contributed by atoms with Gasteiger partial charge in [0.15, 0.2) is 0 Å². The molecular weight excluding hydrogens is 364 g/mol. The topological polar surface area (TPSA) is 98.4 Å². The van der Waals surface area contributed by atoms with Crippen molar-refractivity contribution < 1.29 is 13.2 Å². The molecule has 0 bridgehead atoms. The predicted octanol–water partition coefficient (Wildman–Crippen LogP) is 2.44. The maximum Gasteiger partial charge on any atom is 0.243 e. The third-order valence-electron chi connectivity index (χ3n) is 4.56. The van der Waals surface area contributed by atoms with Crippen LogP contribution in [0.15, 0.2) is 59.6 Å². The summed E-state index contributed by atoms with van der Waals surface area (Å²) in [5.41, 5.74) is 8.94. The third-order valence-corrected chi connectivity index (χ3v) is 6.37. The summed E-state index contributed by atoms with van der Waals surface area (Å²) in [5, 5.41) is 0. The van der Waals surface area contributed by atoms with Gasteiger partial charge in [-0.05, 0) is 35.4 Å². The van der Waals surface area contributed by atoms with Crippen LogP contribution in [-0.4, -0.2) is 29.8 Å². The van der Waals surface area contributed by atoms with Gasteiger partial charge in [-0.3, -0.25) is 0 Å². The molecule has 27 heavy (non-hydrogen) atoms. The molecule has 0 saturated carbocycles. The van der Waals surface area contributed by atoms with Crippen molar-refractivity contribution in [2.24, 2.45) is 0 Å². The molecule has 0 fully saturated rings. The molecule has 0 amide bonds. The van der Waals surface area contributed by atoms with Gasteiger partial charge in [-0.1, -0.05) is 24.3 Å². The fourth-order valence-corrected chi connectivity index (χ4v) is 4.44. The molecule has 138 valence electrons. The van der Waals surface area contributed by atoms with Crippen molar-refractivity contribution in [3.05, 3.63) is 66.0 Å². The highest BCUT2D eigenvalue weighted by molar-refractivity contribution is 7.89. The van der Waals surface area contributed by atoms with E-state index in [1.807, 2.05) is 24.3 Å². The van der Waals surface area contributed by atoms with Gasteiger partial charge in [0.1, 0.15) is 5.75 Å². The van der Waals surface area contributed by atoms with Gasteiger partial charge >= 0.3 is 0 Å². The van der Waals surface area contributed by atoms with Gasteiger partial charge in [0, 0.05) is 18.3 Å². The number of anilines is 1. The Hall–Kier alpha value is -2.97. The molecule has 0 aliphatic carbocycles. The van der Waals surface area contributed by atoms with Crippen molar-refractivity contribution in [3.63, 3.8) is 0 Å². The van der Waals surface area contributed by atoms with Crippen LogP contribution in [0.3, 0.4) is 0 Å². The normalized spacial score (nSPS) is 14.1. The van der Waals surface area contributed by atoms with Crippen LogP contribution in [0.1, 0.15) is 11.3 Å². The zero-order valence-corrected chi connectivity index (χ0v) is 15.5. The zero-order valence-electron chi connectivity index (χ0n) is 14.7. The molecule has 0 unspecified atom stereocenters. The summed E-state index contributed by atoms with van der Waals surface area (Å²) in [4.78, 5) is 8.31. The molecule has 0 spiro atoms. The number of nitrogen functional groups attached to an aromatic ring is 1. The van der Waals surface area contributed by atoms with Crippen LogP contribution < -0.4 is 10.5 Å². The molecule has 1 aromatic heterocycles. The molecule has 2 aromatic carbocycles. The van der Waals surface area contributed by atoms with Gasteiger partial charge < -0.3 is 10.5 Å². The van der Waals surface area contributed by atoms with Crippen LogP contribution in [0.4, 0.5) is 5.95 Å². The molecule has 0 radical (unpaired) electrons. The van der Waals surface area contributed by atoms with Gasteiger partial charge in [-0.25, -0.2) is 18.4 Å². The highest BCUT2D eigenvalue weighted by atomic mass is 32.2. The first kappa shape index (κ1) is 17.4. The summed E-state index contributed by atoms with van der Waals surface area (Å²) in [5.74, 6) is 0.923.